The number of ether oxygens (including phenoxy) is 1. The standard InChI is InChI=1S/C21H18ClN3O3/c1-25(15-6-4-3-5-7-15)16-10-11-23-19(13-16)20(26)24-18-12-14(21(27)28-2)8-9-17(18)22/h3-13H,1-2H3,(H,24,26). The first-order valence-electron chi connectivity index (χ1n) is 8.43. The van der Waals surface area contributed by atoms with E-state index in [-0.39, 0.29) is 11.3 Å². The van der Waals surface area contributed by atoms with Crippen molar-refractivity contribution < 1.29 is 14.3 Å². The van der Waals surface area contributed by atoms with Crippen LogP contribution in [0.1, 0.15) is 20.8 Å². The number of aromatic nitrogens is 1. The molecule has 3 rings (SSSR count). The monoisotopic (exact) mass is 395 g/mol. The summed E-state index contributed by atoms with van der Waals surface area (Å²) in [4.78, 5) is 30.4. The maximum absolute atomic E-state index is 12.7. The number of amides is 1. The van der Waals surface area contributed by atoms with Crippen molar-refractivity contribution in [3.05, 3.63) is 83.1 Å². The molecule has 1 amide bonds. The zero-order valence-electron chi connectivity index (χ0n) is 15.3. The third-order valence-corrected chi connectivity index (χ3v) is 4.47. The van der Waals surface area contributed by atoms with Crippen LogP contribution in [0.5, 0.6) is 0 Å². The van der Waals surface area contributed by atoms with Gasteiger partial charge in [0.05, 0.1) is 23.4 Å². The van der Waals surface area contributed by atoms with Crippen LogP contribution in [0.15, 0.2) is 66.9 Å². The lowest BCUT2D eigenvalue weighted by Crippen LogP contribution is -2.16. The quantitative estimate of drug-likeness (QED) is 0.642. The van der Waals surface area contributed by atoms with Crippen LogP contribution in [0.25, 0.3) is 0 Å². The molecule has 0 unspecified atom stereocenters. The van der Waals surface area contributed by atoms with Crippen LogP contribution < -0.4 is 10.2 Å². The summed E-state index contributed by atoms with van der Waals surface area (Å²) in [6, 6.07) is 17.8. The van der Waals surface area contributed by atoms with Gasteiger partial charge < -0.3 is 15.0 Å². The van der Waals surface area contributed by atoms with Crippen molar-refractivity contribution in [2.24, 2.45) is 0 Å². The molecule has 0 saturated carbocycles. The molecule has 7 heteroatoms. The lowest BCUT2D eigenvalue weighted by molar-refractivity contribution is 0.0600. The molecule has 0 atom stereocenters. The van der Waals surface area contributed by atoms with Gasteiger partial charge in [-0.05, 0) is 42.5 Å². The van der Waals surface area contributed by atoms with Crippen molar-refractivity contribution >= 4 is 40.5 Å². The average Bonchev–Trinajstić information content (AvgIpc) is 2.74. The van der Waals surface area contributed by atoms with Gasteiger partial charge in [0, 0.05) is 24.6 Å². The number of anilines is 3. The SMILES string of the molecule is COC(=O)c1ccc(Cl)c(NC(=O)c2cc(N(C)c3ccccc3)ccn2)c1. The van der Waals surface area contributed by atoms with Gasteiger partial charge >= 0.3 is 5.97 Å². The Morgan fingerprint density at radius 1 is 1.04 bits per heavy atom. The number of nitrogens with zero attached hydrogens (tertiary/aromatic N) is 2. The van der Waals surface area contributed by atoms with Crippen LogP contribution in [0.4, 0.5) is 17.1 Å². The minimum Gasteiger partial charge on any atom is -0.465 e. The second-order valence-electron chi connectivity index (χ2n) is 5.93. The molecule has 0 aliphatic rings. The smallest absolute Gasteiger partial charge is 0.337 e. The molecule has 0 fully saturated rings. The number of hydrogen-bond donors (Lipinski definition) is 1. The van der Waals surface area contributed by atoms with Gasteiger partial charge in [-0.1, -0.05) is 29.8 Å². The molecule has 1 N–H and O–H groups in total. The second kappa shape index (κ2) is 8.54. The molecule has 0 aliphatic carbocycles. The van der Waals surface area contributed by atoms with E-state index in [1.165, 1.54) is 25.3 Å². The van der Waals surface area contributed by atoms with E-state index < -0.39 is 11.9 Å². The molecule has 0 saturated heterocycles. The Kier molecular flexibility index (Phi) is 5.91. The van der Waals surface area contributed by atoms with Gasteiger partial charge in [0.15, 0.2) is 0 Å². The Morgan fingerprint density at radius 3 is 2.50 bits per heavy atom. The van der Waals surface area contributed by atoms with Crippen LogP contribution >= 0.6 is 11.6 Å². The van der Waals surface area contributed by atoms with Crippen LogP contribution in [0.2, 0.25) is 5.02 Å². The highest BCUT2D eigenvalue weighted by Gasteiger charge is 2.14. The Morgan fingerprint density at radius 2 is 1.79 bits per heavy atom. The van der Waals surface area contributed by atoms with Gasteiger partial charge in [-0.15, -0.1) is 0 Å². The Labute approximate surface area is 167 Å². The number of halogens is 1. The Bertz CT molecular complexity index is 1010. The fourth-order valence-corrected chi connectivity index (χ4v) is 2.77. The predicted molar refractivity (Wildman–Crippen MR) is 109 cm³/mol. The maximum Gasteiger partial charge on any atom is 0.337 e. The number of carbonyl (C=O) groups excluding carboxylic acids is 2. The molecular weight excluding hydrogens is 378 g/mol. The molecule has 142 valence electrons. The zero-order chi connectivity index (χ0) is 20.1. The highest BCUT2D eigenvalue weighted by atomic mass is 35.5. The van der Waals surface area contributed by atoms with E-state index in [9.17, 15) is 9.59 Å². The third-order valence-electron chi connectivity index (χ3n) is 4.14. The van der Waals surface area contributed by atoms with Crippen LogP contribution in [0, 0.1) is 0 Å². The molecule has 1 aromatic heterocycles. The van der Waals surface area contributed by atoms with Gasteiger partial charge in [-0.3, -0.25) is 9.78 Å². The lowest BCUT2D eigenvalue weighted by atomic mass is 10.2. The third kappa shape index (κ3) is 4.29. The molecule has 3 aromatic rings. The first-order valence-corrected chi connectivity index (χ1v) is 8.81. The van der Waals surface area contributed by atoms with E-state index in [0.717, 1.165) is 11.4 Å². The second-order valence-corrected chi connectivity index (χ2v) is 6.34. The number of rotatable bonds is 5. The number of para-hydroxylation sites is 1. The van der Waals surface area contributed by atoms with Crippen LogP contribution in [-0.2, 0) is 4.74 Å². The Hall–Kier alpha value is -3.38. The molecule has 6 nitrogen and oxygen atoms in total. The zero-order valence-corrected chi connectivity index (χ0v) is 16.1. The van der Waals surface area contributed by atoms with E-state index in [1.54, 1.807) is 12.3 Å². The number of nitrogens with one attached hydrogen (secondary N) is 1. The predicted octanol–water partition coefficient (Wildman–Crippen LogP) is 4.54. The van der Waals surface area contributed by atoms with Gasteiger partial charge in [-0.25, -0.2) is 4.79 Å². The molecule has 0 bridgehead atoms. The molecule has 28 heavy (non-hydrogen) atoms. The van der Waals surface area contributed by atoms with Gasteiger partial charge in [-0.2, -0.15) is 0 Å². The number of hydrogen-bond acceptors (Lipinski definition) is 5. The molecule has 1 heterocycles. The van der Waals surface area contributed by atoms with Crippen LogP contribution in [-0.4, -0.2) is 31.0 Å². The van der Waals surface area contributed by atoms with E-state index in [2.05, 4.69) is 10.3 Å². The highest BCUT2D eigenvalue weighted by molar-refractivity contribution is 6.34. The van der Waals surface area contributed by atoms with Crippen molar-refractivity contribution in [2.75, 3.05) is 24.4 Å². The first kappa shape index (κ1) is 19.4. The summed E-state index contributed by atoms with van der Waals surface area (Å²) in [5.41, 5.74) is 2.60. The lowest BCUT2D eigenvalue weighted by Gasteiger charge is -2.19. The van der Waals surface area contributed by atoms with E-state index >= 15 is 0 Å². The first-order chi connectivity index (χ1) is 13.5. The maximum atomic E-state index is 12.7. The normalized spacial score (nSPS) is 10.2. The number of methoxy groups -OCH3 is 1. The van der Waals surface area contributed by atoms with Crippen LogP contribution in [0.3, 0.4) is 0 Å². The summed E-state index contributed by atoms with van der Waals surface area (Å²) in [6.45, 7) is 0. The molecular formula is C21H18ClN3O3. The van der Waals surface area contributed by atoms with Gasteiger partial charge in [0.2, 0.25) is 0 Å². The van der Waals surface area contributed by atoms with Crippen molar-refractivity contribution in [1.82, 2.24) is 4.98 Å². The molecule has 0 aliphatic heterocycles. The molecule has 2 aromatic carbocycles. The Balaban J connectivity index is 1.83. The number of carbonyl (C=O) groups is 2. The van der Waals surface area contributed by atoms with E-state index in [0.29, 0.717) is 10.7 Å². The highest BCUT2D eigenvalue weighted by Crippen LogP contribution is 2.26. The van der Waals surface area contributed by atoms with Gasteiger partial charge in [0.25, 0.3) is 5.91 Å². The fourth-order valence-electron chi connectivity index (χ4n) is 2.61. The summed E-state index contributed by atoms with van der Waals surface area (Å²) >= 11 is 6.14. The molecule has 0 spiro atoms. The van der Waals surface area contributed by atoms with E-state index in [1.807, 2.05) is 48.3 Å². The summed E-state index contributed by atoms with van der Waals surface area (Å²) in [5.74, 6) is -0.955. The average molecular weight is 396 g/mol. The summed E-state index contributed by atoms with van der Waals surface area (Å²) < 4.78 is 4.69. The minimum absolute atomic E-state index is 0.222. The number of pyridine rings is 1. The van der Waals surface area contributed by atoms with E-state index in [4.69, 9.17) is 16.3 Å². The summed E-state index contributed by atoms with van der Waals surface area (Å²) in [6.07, 6.45) is 1.57. The topological polar surface area (TPSA) is 71.5 Å². The molecule has 0 radical (unpaired) electrons. The fraction of sp³-hybridized carbons (Fsp3) is 0.0952. The van der Waals surface area contributed by atoms with Crippen molar-refractivity contribution in [3.63, 3.8) is 0 Å². The van der Waals surface area contributed by atoms with Crippen molar-refractivity contribution in [3.8, 4) is 0 Å². The van der Waals surface area contributed by atoms with Crippen molar-refractivity contribution in [2.45, 2.75) is 0 Å². The largest absolute Gasteiger partial charge is 0.465 e. The summed E-state index contributed by atoms with van der Waals surface area (Å²) in [5, 5.41) is 3.00. The van der Waals surface area contributed by atoms with Gasteiger partial charge in [0.1, 0.15) is 5.69 Å². The van der Waals surface area contributed by atoms with Crippen molar-refractivity contribution in [1.29, 1.82) is 0 Å². The minimum atomic E-state index is -0.517. The number of esters is 1. The number of benzene rings is 2. The summed E-state index contributed by atoms with van der Waals surface area (Å²) in [7, 11) is 3.19.